The van der Waals surface area contributed by atoms with Gasteiger partial charge in [-0.3, -0.25) is 4.90 Å². The van der Waals surface area contributed by atoms with Crippen LogP contribution in [0.15, 0.2) is 0 Å². The van der Waals surface area contributed by atoms with E-state index in [0.29, 0.717) is 6.54 Å². The van der Waals surface area contributed by atoms with E-state index in [4.69, 9.17) is 5.11 Å². The van der Waals surface area contributed by atoms with E-state index in [2.05, 4.69) is 15.9 Å². The first-order chi connectivity index (χ1) is 6.91. The minimum Gasteiger partial charge on any atom is -0.395 e. The summed E-state index contributed by atoms with van der Waals surface area (Å²) in [5, 5.41) is 8.71. The smallest absolute Gasteiger partial charge is 0.395 e. The molecule has 0 saturated carbocycles. The van der Waals surface area contributed by atoms with Crippen molar-refractivity contribution in [1.82, 2.24) is 4.90 Å². The van der Waals surface area contributed by atoms with E-state index in [-0.39, 0.29) is 19.7 Å². The van der Waals surface area contributed by atoms with Gasteiger partial charge < -0.3 is 5.11 Å². The van der Waals surface area contributed by atoms with E-state index in [1.165, 1.54) is 0 Å². The maximum Gasteiger partial charge on any atom is 0.402 e. The van der Waals surface area contributed by atoms with Crippen LogP contribution in [0.2, 0.25) is 0 Å². The molecular weight excluding hydrogens is 275 g/mol. The summed E-state index contributed by atoms with van der Waals surface area (Å²) in [6.07, 6.45) is -2.45. The van der Waals surface area contributed by atoms with Crippen LogP contribution in [-0.4, -0.2) is 47.3 Å². The Labute approximate surface area is 96.6 Å². The molecule has 92 valence electrons. The zero-order valence-electron chi connectivity index (χ0n) is 8.73. The summed E-state index contributed by atoms with van der Waals surface area (Å²) in [6, 6.07) is 0. The first kappa shape index (κ1) is 15.2. The largest absolute Gasteiger partial charge is 0.402 e. The molecule has 0 aromatic rings. The van der Waals surface area contributed by atoms with Crippen LogP contribution >= 0.6 is 15.9 Å². The highest BCUT2D eigenvalue weighted by Crippen LogP contribution is 2.26. The molecule has 0 heterocycles. The molecule has 0 spiro atoms. The highest BCUT2D eigenvalue weighted by Gasteiger charge is 2.38. The second-order valence-electron chi connectivity index (χ2n) is 3.39. The fraction of sp³-hybridized carbons (Fsp3) is 1.00. The average Bonchev–Trinajstić information content (AvgIpc) is 2.13. The van der Waals surface area contributed by atoms with Gasteiger partial charge in [0.1, 0.15) is 4.83 Å². The molecule has 0 aliphatic heterocycles. The number of aliphatic hydroxyl groups excluding tert-OH is 1. The van der Waals surface area contributed by atoms with Crippen molar-refractivity contribution in [2.75, 3.05) is 26.2 Å². The molecule has 1 unspecified atom stereocenters. The zero-order valence-corrected chi connectivity index (χ0v) is 10.3. The molecule has 1 atom stereocenters. The van der Waals surface area contributed by atoms with Crippen molar-refractivity contribution in [3.8, 4) is 0 Å². The number of unbranched alkanes of at least 4 members (excludes halogenated alkanes) is 1. The van der Waals surface area contributed by atoms with Crippen LogP contribution in [0.3, 0.4) is 0 Å². The molecule has 0 rings (SSSR count). The van der Waals surface area contributed by atoms with Gasteiger partial charge in [-0.1, -0.05) is 29.3 Å². The number of aliphatic hydroxyl groups is 1. The Morgan fingerprint density at radius 2 is 1.93 bits per heavy atom. The van der Waals surface area contributed by atoms with E-state index in [1.807, 2.05) is 6.92 Å². The van der Waals surface area contributed by atoms with Gasteiger partial charge in [-0.15, -0.1) is 0 Å². The summed E-state index contributed by atoms with van der Waals surface area (Å²) in [5.41, 5.74) is 0. The van der Waals surface area contributed by atoms with E-state index in [9.17, 15) is 13.2 Å². The summed E-state index contributed by atoms with van der Waals surface area (Å²) in [4.78, 5) is 0.101. The molecule has 6 heteroatoms. The van der Waals surface area contributed by atoms with Crippen molar-refractivity contribution >= 4 is 15.9 Å². The highest BCUT2D eigenvalue weighted by molar-refractivity contribution is 9.09. The van der Waals surface area contributed by atoms with Gasteiger partial charge in [0.05, 0.1) is 6.61 Å². The normalized spacial score (nSPS) is 14.6. The summed E-state index contributed by atoms with van der Waals surface area (Å²) in [6.45, 7) is 2.64. The lowest BCUT2D eigenvalue weighted by Crippen LogP contribution is -2.39. The van der Waals surface area contributed by atoms with Crippen LogP contribution in [0.5, 0.6) is 0 Å². The standard InChI is InChI=1S/C9H17BrF3NO/c1-2-3-4-14(5-6-15)7-8(10)9(11,12)13/h8,15H,2-7H2,1H3. The second kappa shape index (κ2) is 7.46. The molecule has 0 aromatic carbocycles. The van der Waals surface area contributed by atoms with Gasteiger partial charge in [0, 0.05) is 13.1 Å². The first-order valence-electron chi connectivity index (χ1n) is 4.95. The van der Waals surface area contributed by atoms with Crippen LogP contribution in [0.4, 0.5) is 13.2 Å². The number of halogens is 4. The Morgan fingerprint density at radius 3 is 2.33 bits per heavy atom. The average molecular weight is 292 g/mol. The molecule has 0 saturated heterocycles. The van der Waals surface area contributed by atoms with Gasteiger partial charge >= 0.3 is 6.18 Å². The monoisotopic (exact) mass is 291 g/mol. The predicted octanol–water partition coefficient (Wildman–Crippen LogP) is 2.41. The Bertz CT molecular complexity index is 166. The summed E-state index contributed by atoms with van der Waals surface area (Å²) in [5.74, 6) is 0. The number of hydrogen-bond donors (Lipinski definition) is 1. The number of alkyl halides is 4. The van der Waals surface area contributed by atoms with Crippen LogP contribution in [0.1, 0.15) is 19.8 Å². The Morgan fingerprint density at radius 1 is 1.33 bits per heavy atom. The van der Waals surface area contributed by atoms with Crippen LogP contribution in [0.25, 0.3) is 0 Å². The number of rotatable bonds is 7. The van der Waals surface area contributed by atoms with E-state index >= 15 is 0 Å². The minimum atomic E-state index is -4.22. The first-order valence-corrected chi connectivity index (χ1v) is 5.87. The predicted molar refractivity (Wildman–Crippen MR) is 57.2 cm³/mol. The van der Waals surface area contributed by atoms with Crippen molar-refractivity contribution in [2.45, 2.75) is 30.8 Å². The fourth-order valence-corrected chi connectivity index (χ4v) is 1.56. The topological polar surface area (TPSA) is 23.5 Å². The Balaban J connectivity index is 4.03. The Hall–Kier alpha value is 0.190. The van der Waals surface area contributed by atoms with Gasteiger partial charge in [0.15, 0.2) is 0 Å². The van der Waals surface area contributed by atoms with Crippen molar-refractivity contribution < 1.29 is 18.3 Å². The van der Waals surface area contributed by atoms with Crippen molar-refractivity contribution in [1.29, 1.82) is 0 Å². The maximum atomic E-state index is 12.2. The van der Waals surface area contributed by atoms with Crippen LogP contribution < -0.4 is 0 Å². The molecule has 0 aliphatic carbocycles. The molecular formula is C9H17BrF3NO. The van der Waals surface area contributed by atoms with Gasteiger partial charge in [-0.05, 0) is 13.0 Å². The zero-order chi connectivity index (χ0) is 11.9. The third kappa shape index (κ3) is 7.14. The lowest BCUT2D eigenvalue weighted by molar-refractivity contribution is -0.130. The van der Waals surface area contributed by atoms with Gasteiger partial charge in [0.2, 0.25) is 0 Å². The second-order valence-corrected chi connectivity index (χ2v) is 4.49. The van der Waals surface area contributed by atoms with Gasteiger partial charge in [0.25, 0.3) is 0 Å². The molecule has 0 fully saturated rings. The molecule has 0 aromatic heterocycles. The quantitative estimate of drug-likeness (QED) is 0.728. The van der Waals surface area contributed by atoms with Crippen LogP contribution in [0, 0.1) is 0 Å². The molecule has 0 aliphatic rings. The molecule has 0 radical (unpaired) electrons. The minimum absolute atomic E-state index is 0.107. The highest BCUT2D eigenvalue weighted by atomic mass is 79.9. The van der Waals surface area contributed by atoms with E-state index in [0.717, 1.165) is 12.8 Å². The number of nitrogens with zero attached hydrogens (tertiary/aromatic N) is 1. The SMILES string of the molecule is CCCCN(CCO)CC(Br)C(F)(F)F. The lowest BCUT2D eigenvalue weighted by atomic mass is 10.3. The van der Waals surface area contributed by atoms with E-state index < -0.39 is 11.0 Å². The molecule has 1 N–H and O–H groups in total. The molecule has 15 heavy (non-hydrogen) atoms. The molecule has 0 amide bonds. The molecule has 2 nitrogen and oxygen atoms in total. The van der Waals surface area contributed by atoms with Crippen molar-refractivity contribution in [3.63, 3.8) is 0 Å². The number of hydrogen-bond acceptors (Lipinski definition) is 2. The van der Waals surface area contributed by atoms with Crippen molar-refractivity contribution in [3.05, 3.63) is 0 Å². The third-order valence-corrected chi connectivity index (χ3v) is 2.83. The van der Waals surface area contributed by atoms with Crippen molar-refractivity contribution in [2.24, 2.45) is 0 Å². The Kier molecular flexibility index (Phi) is 7.56. The fourth-order valence-electron chi connectivity index (χ4n) is 1.15. The summed E-state index contributed by atoms with van der Waals surface area (Å²) in [7, 11) is 0. The van der Waals surface area contributed by atoms with E-state index in [1.54, 1.807) is 4.90 Å². The summed E-state index contributed by atoms with van der Waals surface area (Å²) >= 11 is 2.61. The van der Waals surface area contributed by atoms with Gasteiger partial charge in [-0.25, -0.2) is 0 Å². The summed E-state index contributed by atoms with van der Waals surface area (Å²) < 4.78 is 36.7. The van der Waals surface area contributed by atoms with Crippen LogP contribution in [-0.2, 0) is 0 Å². The third-order valence-electron chi connectivity index (χ3n) is 2.02. The lowest BCUT2D eigenvalue weighted by Gasteiger charge is -2.25. The maximum absolute atomic E-state index is 12.2. The van der Waals surface area contributed by atoms with Gasteiger partial charge in [-0.2, -0.15) is 13.2 Å². The molecule has 0 bridgehead atoms.